The molecule has 3 aliphatic heterocycles. The van der Waals surface area contributed by atoms with Gasteiger partial charge in [-0.25, -0.2) is 14.4 Å². The maximum absolute atomic E-state index is 14.1. The highest BCUT2D eigenvalue weighted by Gasteiger charge is 2.55. The summed E-state index contributed by atoms with van der Waals surface area (Å²) in [5, 5.41) is -0.889. The van der Waals surface area contributed by atoms with Crippen molar-refractivity contribution < 1.29 is 27.5 Å². The minimum Gasteiger partial charge on any atom is -0.379 e. The lowest BCUT2D eigenvalue weighted by atomic mass is 10.0. The second-order valence-electron chi connectivity index (χ2n) is 9.08. The van der Waals surface area contributed by atoms with E-state index in [1.54, 1.807) is 4.90 Å². The molecular weight excluding hydrogens is 480 g/mol. The normalized spacial score (nSPS) is 23.7. The van der Waals surface area contributed by atoms with Gasteiger partial charge in [0.05, 0.1) is 19.3 Å². The number of carbonyl (C=O) groups excluding carboxylic acids is 3. The largest absolute Gasteiger partial charge is 0.379 e. The van der Waals surface area contributed by atoms with Gasteiger partial charge in [0.15, 0.2) is 0 Å². The number of nitrogens with zero attached hydrogens (tertiary/aromatic N) is 2. The number of hydrogen-bond acceptors (Lipinski definition) is 7. The first-order valence-electron chi connectivity index (χ1n) is 12.2. The van der Waals surface area contributed by atoms with Gasteiger partial charge in [-0.05, 0) is 34.6 Å². The van der Waals surface area contributed by atoms with E-state index in [0.717, 1.165) is 42.9 Å². The van der Waals surface area contributed by atoms with Gasteiger partial charge in [0.2, 0.25) is 0 Å². The molecule has 8 nitrogen and oxygen atoms in total. The van der Waals surface area contributed by atoms with Crippen molar-refractivity contribution in [1.82, 2.24) is 9.80 Å². The molecule has 2 unspecified atom stereocenters. The molecule has 2 saturated heterocycles. The summed E-state index contributed by atoms with van der Waals surface area (Å²) >= 11 is 0. The molecule has 0 aliphatic carbocycles. The highest BCUT2D eigenvalue weighted by molar-refractivity contribution is 8.39. The van der Waals surface area contributed by atoms with Gasteiger partial charge in [0.1, 0.15) is 5.25 Å². The smallest absolute Gasteiger partial charge is 0.355 e. The molecule has 0 radical (unpaired) electrons. The molecule has 2 fully saturated rings. The van der Waals surface area contributed by atoms with Crippen LogP contribution in [0.1, 0.15) is 23.6 Å². The van der Waals surface area contributed by atoms with Crippen molar-refractivity contribution in [1.29, 1.82) is 0 Å². The fourth-order valence-corrected chi connectivity index (χ4v) is 7.60. The molecule has 190 valence electrons. The molecule has 1 spiro atoms. The standard InChI is InChI=1S/C27H30N2O6S/c30-25-11-12-26(31)35-36(34-25)23(19-21-7-3-1-4-8-21)20-29(27(36)32)24(22-9-5-2-6-10-22)13-14-28-15-17-33-18-16-28/h1-12,23-24H,13-20H2. The zero-order chi connectivity index (χ0) is 25.0. The molecule has 1 amide bonds. The third kappa shape index (κ3) is 5.18. The molecule has 36 heavy (non-hydrogen) atoms. The van der Waals surface area contributed by atoms with Crippen molar-refractivity contribution in [3.63, 3.8) is 0 Å². The first-order chi connectivity index (χ1) is 17.5. The molecular formula is C27H30N2O6S. The van der Waals surface area contributed by atoms with Gasteiger partial charge < -0.3 is 18.0 Å². The highest BCUT2D eigenvalue weighted by atomic mass is 32.3. The van der Waals surface area contributed by atoms with Crippen LogP contribution in [0.15, 0.2) is 72.8 Å². The van der Waals surface area contributed by atoms with Crippen LogP contribution in [0.25, 0.3) is 0 Å². The summed E-state index contributed by atoms with van der Waals surface area (Å²) < 4.78 is 16.9. The van der Waals surface area contributed by atoms with Crippen LogP contribution in [0.4, 0.5) is 4.79 Å². The lowest BCUT2D eigenvalue weighted by molar-refractivity contribution is -0.129. The molecule has 3 aliphatic rings. The second kappa shape index (κ2) is 10.9. The lowest BCUT2D eigenvalue weighted by Gasteiger charge is -2.38. The van der Waals surface area contributed by atoms with Crippen LogP contribution in [-0.4, -0.2) is 71.6 Å². The summed E-state index contributed by atoms with van der Waals surface area (Å²) in [5.74, 6) is -1.46. The number of amides is 1. The van der Waals surface area contributed by atoms with Gasteiger partial charge >= 0.3 is 17.2 Å². The molecule has 3 heterocycles. The molecule has 0 bridgehead atoms. The van der Waals surface area contributed by atoms with E-state index >= 15 is 0 Å². The zero-order valence-electron chi connectivity index (χ0n) is 20.0. The Morgan fingerprint density at radius 2 is 1.47 bits per heavy atom. The third-order valence-electron chi connectivity index (χ3n) is 6.77. The van der Waals surface area contributed by atoms with Gasteiger partial charge in [0.25, 0.3) is 0 Å². The van der Waals surface area contributed by atoms with Crippen LogP contribution < -0.4 is 0 Å². The molecule has 2 aromatic carbocycles. The van der Waals surface area contributed by atoms with Crippen molar-refractivity contribution in [2.24, 2.45) is 0 Å². The zero-order valence-corrected chi connectivity index (χ0v) is 20.8. The van der Waals surface area contributed by atoms with E-state index in [0.29, 0.717) is 32.6 Å². The van der Waals surface area contributed by atoms with Crippen LogP contribution in [0, 0.1) is 0 Å². The SMILES string of the molecule is O=C1C=CC(=O)OS2(O1)C(=O)N(C(CCN1CCOCC1)c1ccccc1)CC2Cc1ccccc1. The number of morpholine rings is 1. The molecule has 0 N–H and O–H groups in total. The van der Waals surface area contributed by atoms with E-state index in [-0.39, 0.29) is 6.04 Å². The Labute approximate surface area is 212 Å². The monoisotopic (exact) mass is 510 g/mol. The minimum absolute atomic E-state index is 0.250. The summed E-state index contributed by atoms with van der Waals surface area (Å²) in [7, 11) is -3.17. The molecule has 2 atom stereocenters. The van der Waals surface area contributed by atoms with E-state index < -0.39 is 33.0 Å². The van der Waals surface area contributed by atoms with Gasteiger partial charge in [-0.2, -0.15) is 0 Å². The van der Waals surface area contributed by atoms with E-state index in [1.807, 2.05) is 60.7 Å². The Morgan fingerprint density at radius 1 is 0.861 bits per heavy atom. The number of hydrogen-bond donors (Lipinski definition) is 0. The second-order valence-corrected chi connectivity index (χ2v) is 11.5. The molecule has 9 heteroatoms. The van der Waals surface area contributed by atoms with Crippen molar-refractivity contribution in [2.45, 2.75) is 24.1 Å². The molecule has 0 saturated carbocycles. The Hall–Kier alpha value is -3.14. The van der Waals surface area contributed by atoms with Crippen LogP contribution in [-0.2, 0) is 29.1 Å². The first-order valence-corrected chi connectivity index (χ1v) is 13.8. The third-order valence-corrected chi connectivity index (χ3v) is 9.51. The number of carbonyl (C=O) groups is 3. The Bertz CT molecular complexity index is 1100. The van der Waals surface area contributed by atoms with E-state index in [9.17, 15) is 14.4 Å². The average Bonchev–Trinajstić information content (AvgIpc) is 3.04. The Balaban J connectivity index is 1.48. The quantitative estimate of drug-likeness (QED) is 0.560. The Kier molecular flexibility index (Phi) is 7.41. The predicted molar refractivity (Wildman–Crippen MR) is 136 cm³/mol. The number of benzene rings is 2. The fraction of sp³-hybridized carbons (Fsp3) is 0.370. The number of ether oxygens (including phenoxy) is 1. The number of rotatable bonds is 7. The summed E-state index contributed by atoms with van der Waals surface area (Å²) in [4.78, 5) is 43.2. The lowest BCUT2D eigenvalue weighted by Crippen LogP contribution is -2.39. The van der Waals surface area contributed by atoms with Crippen molar-refractivity contribution in [3.8, 4) is 0 Å². The topological polar surface area (TPSA) is 85.4 Å². The van der Waals surface area contributed by atoms with Crippen molar-refractivity contribution in [2.75, 3.05) is 39.4 Å². The highest BCUT2D eigenvalue weighted by Crippen LogP contribution is 2.63. The average molecular weight is 511 g/mol. The van der Waals surface area contributed by atoms with Crippen LogP contribution in [0.5, 0.6) is 0 Å². The molecule has 5 rings (SSSR count). The molecule has 2 aromatic rings. The Morgan fingerprint density at radius 3 is 2.11 bits per heavy atom. The van der Waals surface area contributed by atoms with Crippen LogP contribution in [0.3, 0.4) is 0 Å². The van der Waals surface area contributed by atoms with E-state index in [2.05, 4.69) is 4.90 Å². The molecule has 0 aromatic heterocycles. The summed E-state index contributed by atoms with van der Waals surface area (Å²) in [6, 6.07) is 19.3. The van der Waals surface area contributed by atoms with E-state index in [4.69, 9.17) is 13.1 Å². The van der Waals surface area contributed by atoms with Gasteiger partial charge in [-0.3, -0.25) is 4.90 Å². The fourth-order valence-electron chi connectivity index (χ4n) is 4.97. The minimum atomic E-state index is -3.17. The van der Waals surface area contributed by atoms with Gasteiger partial charge in [-0.1, -0.05) is 60.7 Å². The summed E-state index contributed by atoms with van der Waals surface area (Å²) in [6.45, 7) is 4.21. The summed E-state index contributed by atoms with van der Waals surface area (Å²) in [5.41, 5.74) is 1.98. The van der Waals surface area contributed by atoms with Crippen LogP contribution >= 0.6 is 10.6 Å². The van der Waals surface area contributed by atoms with Crippen LogP contribution in [0.2, 0.25) is 0 Å². The predicted octanol–water partition coefficient (Wildman–Crippen LogP) is 3.79. The maximum Gasteiger partial charge on any atom is 0.355 e. The van der Waals surface area contributed by atoms with Crippen molar-refractivity contribution >= 4 is 27.8 Å². The van der Waals surface area contributed by atoms with Crippen molar-refractivity contribution in [3.05, 3.63) is 83.9 Å². The maximum atomic E-state index is 14.1. The summed E-state index contributed by atoms with van der Waals surface area (Å²) in [6.07, 6.45) is 3.22. The first kappa shape index (κ1) is 24.5. The van der Waals surface area contributed by atoms with Gasteiger partial charge in [0, 0.05) is 38.3 Å². The van der Waals surface area contributed by atoms with Gasteiger partial charge in [-0.15, -0.1) is 0 Å². The van der Waals surface area contributed by atoms with E-state index in [1.165, 1.54) is 0 Å².